The van der Waals surface area contributed by atoms with Crippen molar-refractivity contribution < 1.29 is 9.90 Å². The molecule has 1 heterocycles. The average molecular weight is 287 g/mol. The summed E-state index contributed by atoms with van der Waals surface area (Å²) in [5.41, 5.74) is 4.01. The van der Waals surface area contributed by atoms with Crippen molar-refractivity contribution in [3.63, 3.8) is 0 Å². The third-order valence-electron chi connectivity index (χ3n) is 5.04. The van der Waals surface area contributed by atoms with Gasteiger partial charge in [0.25, 0.3) is 0 Å². The number of nitrogens with zero attached hydrogens (tertiary/aromatic N) is 1. The van der Waals surface area contributed by atoms with Gasteiger partial charge in [0.2, 0.25) is 5.91 Å². The molecule has 1 aromatic rings. The molecule has 1 aliphatic heterocycles. The van der Waals surface area contributed by atoms with Gasteiger partial charge in [-0.1, -0.05) is 25.1 Å². The zero-order valence-electron chi connectivity index (χ0n) is 12.8. The minimum Gasteiger partial charge on any atom is -0.391 e. The van der Waals surface area contributed by atoms with E-state index >= 15 is 0 Å². The molecule has 1 aromatic carbocycles. The summed E-state index contributed by atoms with van der Waals surface area (Å²) in [7, 11) is 0. The Hall–Kier alpha value is -1.35. The van der Waals surface area contributed by atoms with Crippen LogP contribution in [0, 0.1) is 5.92 Å². The van der Waals surface area contributed by atoms with Crippen molar-refractivity contribution in [2.75, 3.05) is 13.1 Å². The van der Waals surface area contributed by atoms with Gasteiger partial charge in [0.1, 0.15) is 0 Å². The first kappa shape index (κ1) is 14.6. The van der Waals surface area contributed by atoms with Gasteiger partial charge in [-0.15, -0.1) is 0 Å². The zero-order valence-corrected chi connectivity index (χ0v) is 12.8. The number of carbonyl (C=O) groups excluding carboxylic acids is 1. The van der Waals surface area contributed by atoms with Crippen molar-refractivity contribution in [2.45, 2.75) is 51.6 Å². The maximum Gasteiger partial charge on any atom is 0.227 e. The van der Waals surface area contributed by atoms with Crippen molar-refractivity contribution in [1.29, 1.82) is 0 Å². The van der Waals surface area contributed by atoms with Gasteiger partial charge in [0.05, 0.1) is 12.5 Å². The van der Waals surface area contributed by atoms with Crippen LogP contribution in [0.3, 0.4) is 0 Å². The molecule has 0 radical (unpaired) electrons. The number of aliphatic hydroxyl groups excluding tert-OH is 1. The topological polar surface area (TPSA) is 40.5 Å². The Kier molecular flexibility index (Phi) is 4.29. The average Bonchev–Trinajstić information content (AvgIpc) is 2.50. The molecule has 0 saturated carbocycles. The SMILES string of the molecule is CC1CCN(C(=O)Cc2ccc3c(c2)CCCC3)CC1O. The van der Waals surface area contributed by atoms with Crippen molar-refractivity contribution in [2.24, 2.45) is 5.92 Å². The number of hydrogen-bond donors (Lipinski definition) is 1. The fourth-order valence-corrected chi connectivity index (χ4v) is 3.46. The van der Waals surface area contributed by atoms with Gasteiger partial charge in [-0.2, -0.15) is 0 Å². The number of piperidine rings is 1. The van der Waals surface area contributed by atoms with Crippen molar-refractivity contribution in [3.8, 4) is 0 Å². The number of β-amino-alcohol motifs (C(OH)–C–C–N with tert-alkyl or cyclic N) is 1. The molecule has 21 heavy (non-hydrogen) atoms. The van der Waals surface area contributed by atoms with Crippen molar-refractivity contribution in [3.05, 3.63) is 34.9 Å². The summed E-state index contributed by atoms with van der Waals surface area (Å²) in [6, 6.07) is 6.52. The molecule has 1 amide bonds. The van der Waals surface area contributed by atoms with Crippen LogP contribution in [0.5, 0.6) is 0 Å². The molecule has 0 aromatic heterocycles. The van der Waals surface area contributed by atoms with Crippen molar-refractivity contribution in [1.82, 2.24) is 4.90 Å². The van der Waals surface area contributed by atoms with Crippen LogP contribution >= 0.6 is 0 Å². The Labute approximate surface area is 127 Å². The van der Waals surface area contributed by atoms with Gasteiger partial charge >= 0.3 is 0 Å². The molecule has 1 fully saturated rings. The van der Waals surface area contributed by atoms with E-state index in [1.54, 1.807) is 0 Å². The minimum atomic E-state index is -0.369. The maximum atomic E-state index is 12.4. The number of rotatable bonds is 2. The number of likely N-dealkylation sites (tertiary alicyclic amines) is 1. The molecule has 2 atom stereocenters. The molecule has 0 bridgehead atoms. The van der Waals surface area contributed by atoms with Gasteiger partial charge in [0.15, 0.2) is 0 Å². The first-order chi connectivity index (χ1) is 10.1. The number of hydrogen-bond acceptors (Lipinski definition) is 2. The number of aliphatic hydroxyl groups is 1. The third kappa shape index (κ3) is 3.29. The van der Waals surface area contributed by atoms with Crippen LogP contribution in [-0.2, 0) is 24.1 Å². The van der Waals surface area contributed by atoms with E-state index in [0.717, 1.165) is 24.9 Å². The molecule has 2 unspecified atom stereocenters. The lowest BCUT2D eigenvalue weighted by Crippen LogP contribution is -2.46. The second-order valence-electron chi connectivity index (χ2n) is 6.66. The number of aryl methyl sites for hydroxylation is 2. The van der Waals surface area contributed by atoms with Crippen molar-refractivity contribution >= 4 is 5.91 Å². The van der Waals surface area contributed by atoms with E-state index in [2.05, 4.69) is 25.1 Å². The molecule has 1 saturated heterocycles. The highest BCUT2D eigenvalue weighted by molar-refractivity contribution is 5.79. The summed E-state index contributed by atoms with van der Waals surface area (Å²) >= 11 is 0. The third-order valence-corrected chi connectivity index (χ3v) is 5.04. The Bertz CT molecular complexity index is 526. The van der Waals surface area contributed by atoms with E-state index in [1.165, 1.54) is 30.4 Å². The van der Waals surface area contributed by atoms with E-state index in [9.17, 15) is 9.90 Å². The molecule has 1 N–H and O–H groups in total. The van der Waals surface area contributed by atoms with Gasteiger partial charge in [-0.3, -0.25) is 4.79 Å². The van der Waals surface area contributed by atoms with Crippen LogP contribution in [0.2, 0.25) is 0 Å². The summed E-state index contributed by atoms with van der Waals surface area (Å²) in [5, 5.41) is 9.93. The van der Waals surface area contributed by atoms with Crippen LogP contribution in [0.1, 0.15) is 42.9 Å². The van der Waals surface area contributed by atoms with E-state index in [1.807, 2.05) is 4.90 Å². The smallest absolute Gasteiger partial charge is 0.227 e. The van der Waals surface area contributed by atoms with E-state index in [4.69, 9.17) is 0 Å². The molecule has 2 aliphatic rings. The number of carbonyl (C=O) groups is 1. The Morgan fingerprint density at radius 1 is 1.29 bits per heavy atom. The van der Waals surface area contributed by atoms with E-state index in [-0.39, 0.29) is 12.0 Å². The molecule has 3 nitrogen and oxygen atoms in total. The van der Waals surface area contributed by atoms with Gasteiger partial charge in [-0.25, -0.2) is 0 Å². The Morgan fingerprint density at radius 2 is 2.05 bits per heavy atom. The summed E-state index contributed by atoms with van der Waals surface area (Å²) in [4.78, 5) is 14.2. The number of amides is 1. The first-order valence-corrected chi connectivity index (χ1v) is 8.20. The normalized spacial score (nSPS) is 25.5. The van der Waals surface area contributed by atoms with Gasteiger partial charge in [-0.05, 0) is 54.7 Å². The second kappa shape index (κ2) is 6.18. The predicted molar refractivity (Wildman–Crippen MR) is 83.2 cm³/mol. The standard InChI is InChI=1S/C18H25NO2/c1-13-8-9-19(12-17(13)20)18(21)11-14-6-7-15-4-2-3-5-16(15)10-14/h6-7,10,13,17,20H,2-5,8-9,11-12H2,1H3. The Morgan fingerprint density at radius 3 is 2.81 bits per heavy atom. The minimum absolute atomic E-state index is 0.150. The van der Waals surface area contributed by atoms with E-state index < -0.39 is 0 Å². The van der Waals surface area contributed by atoms with Crippen LogP contribution in [0.4, 0.5) is 0 Å². The first-order valence-electron chi connectivity index (χ1n) is 8.20. The van der Waals surface area contributed by atoms with Crippen LogP contribution in [0.25, 0.3) is 0 Å². The van der Waals surface area contributed by atoms with Gasteiger partial charge in [0, 0.05) is 13.1 Å². The lowest BCUT2D eigenvalue weighted by atomic mass is 9.89. The highest BCUT2D eigenvalue weighted by atomic mass is 16.3. The monoisotopic (exact) mass is 287 g/mol. The zero-order chi connectivity index (χ0) is 14.8. The lowest BCUT2D eigenvalue weighted by Gasteiger charge is -2.34. The number of fused-ring (bicyclic) bond motifs is 1. The van der Waals surface area contributed by atoms with E-state index in [0.29, 0.717) is 18.9 Å². The summed E-state index contributed by atoms with van der Waals surface area (Å²) < 4.78 is 0. The molecule has 114 valence electrons. The number of benzene rings is 1. The van der Waals surface area contributed by atoms with Crippen LogP contribution in [-0.4, -0.2) is 35.1 Å². The summed E-state index contributed by atoms with van der Waals surface area (Å²) in [6.45, 7) is 3.32. The Balaban J connectivity index is 1.65. The summed E-state index contributed by atoms with van der Waals surface area (Å²) in [5.74, 6) is 0.453. The van der Waals surface area contributed by atoms with Crippen LogP contribution in [0.15, 0.2) is 18.2 Å². The maximum absolute atomic E-state index is 12.4. The lowest BCUT2D eigenvalue weighted by molar-refractivity contribution is -0.134. The van der Waals surface area contributed by atoms with Gasteiger partial charge < -0.3 is 10.0 Å². The molecule has 3 heteroatoms. The molecular weight excluding hydrogens is 262 g/mol. The highest BCUT2D eigenvalue weighted by Gasteiger charge is 2.27. The molecule has 1 aliphatic carbocycles. The fourth-order valence-electron chi connectivity index (χ4n) is 3.46. The summed E-state index contributed by atoms with van der Waals surface area (Å²) in [6.07, 6.45) is 5.88. The molecule has 0 spiro atoms. The molecule has 3 rings (SSSR count). The largest absolute Gasteiger partial charge is 0.391 e. The predicted octanol–water partition coefficient (Wildman–Crippen LogP) is 2.34. The fraction of sp³-hybridized carbons (Fsp3) is 0.611. The quantitative estimate of drug-likeness (QED) is 0.907. The molecular formula is C18H25NO2. The second-order valence-corrected chi connectivity index (χ2v) is 6.66. The van der Waals surface area contributed by atoms with Crippen LogP contribution < -0.4 is 0 Å². The highest BCUT2D eigenvalue weighted by Crippen LogP contribution is 2.23.